The highest BCUT2D eigenvalue weighted by atomic mass is 79.9. The number of amides is 2. The van der Waals surface area contributed by atoms with Gasteiger partial charge in [0.05, 0.1) is 11.3 Å². The smallest absolute Gasteiger partial charge is 0.326 e. The lowest BCUT2D eigenvalue weighted by molar-refractivity contribution is -0.139. The fourth-order valence-corrected chi connectivity index (χ4v) is 4.70. The normalized spacial score (nSPS) is 11.8. The first-order valence-electron chi connectivity index (χ1n) is 13.5. The SMILES string of the molecule is CC(C)(C)c1ccc(OCC(=O)Nc2cc(Br)ccc2C(=O)N[C@@H](Cc2ccc(-c3ccccc3)cc2)C(=O)O)cc1. The second kappa shape index (κ2) is 13.5. The average Bonchev–Trinajstić information content (AvgIpc) is 2.96. The summed E-state index contributed by atoms with van der Waals surface area (Å²) < 4.78 is 6.28. The van der Waals surface area contributed by atoms with E-state index in [-0.39, 0.29) is 29.7 Å². The summed E-state index contributed by atoms with van der Waals surface area (Å²) in [5.74, 6) is -1.70. The van der Waals surface area contributed by atoms with E-state index in [2.05, 4.69) is 47.3 Å². The standard InChI is InChI=1S/C34H33BrN2O5/c1-34(2,3)25-13-16-27(17-14-25)42-21-31(38)36-29-20-26(35)15-18-28(29)32(39)37-30(33(40)41)19-22-9-11-24(12-10-22)23-7-5-4-6-8-23/h4-18,20,30H,19,21H2,1-3H3,(H,36,38)(H,37,39)(H,40,41)/t30-/m0/s1. The van der Waals surface area contributed by atoms with Crippen LogP contribution in [-0.4, -0.2) is 35.5 Å². The Morgan fingerprint density at radius 2 is 1.50 bits per heavy atom. The predicted octanol–water partition coefficient (Wildman–Crippen LogP) is 6.86. The van der Waals surface area contributed by atoms with Gasteiger partial charge in [-0.3, -0.25) is 9.59 Å². The number of anilines is 1. The Hall–Kier alpha value is -4.43. The summed E-state index contributed by atoms with van der Waals surface area (Å²) in [4.78, 5) is 38.0. The second-order valence-corrected chi connectivity index (χ2v) is 11.8. The summed E-state index contributed by atoms with van der Waals surface area (Å²) >= 11 is 3.37. The first-order chi connectivity index (χ1) is 20.0. The van der Waals surface area contributed by atoms with E-state index in [9.17, 15) is 19.5 Å². The van der Waals surface area contributed by atoms with Gasteiger partial charge in [0.2, 0.25) is 0 Å². The molecule has 7 nitrogen and oxygen atoms in total. The van der Waals surface area contributed by atoms with Crippen molar-refractivity contribution in [1.29, 1.82) is 0 Å². The average molecular weight is 630 g/mol. The van der Waals surface area contributed by atoms with Crippen molar-refractivity contribution >= 4 is 39.4 Å². The van der Waals surface area contributed by atoms with Crippen LogP contribution < -0.4 is 15.4 Å². The molecule has 0 unspecified atom stereocenters. The van der Waals surface area contributed by atoms with Crippen molar-refractivity contribution in [3.05, 3.63) is 118 Å². The summed E-state index contributed by atoms with van der Waals surface area (Å²) in [5.41, 5.74) is 4.34. The Morgan fingerprint density at radius 1 is 0.857 bits per heavy atom. The van der Waals surface area contributed by atoms with E-state index in [1.807, 2.05) is 78.9 Å². The maximum Gasteiger partial charge on any atom is 0.326 e. The molecule has 0 aliphatic carbocycles. The number of benzene rings is 4. The molecular weight excluding hydrogens is 596 g/mol. The Bertz CT molecular complexity index is 1550. The molecule has 4 aromatic carbocycles. The molecule has 0 aliphatic rings. The zero-order valence-electron chi connectivity index (χ0n) is 23.7. The number of carboxylic acids is 1. The summed E-state index contributed by atoms with van der Waals surface area (Å²) in [6, 6.07) is 28.5. The molecule has 0 radical (unpaired) electrons. The first kappa shape index (κ1) is 30.5. The number of hydrogen-bond acceptors (Lipinski definition) is 4. The monoisotopic (exact) mass is 628 g/mol. The number of nitrogens with one attached hydrogen (secondary N) is 2. The Morgan fingerprint density at radius 3 is 2.12 bits per heavy atom. The van der Waals surface area contributed by atoms with Crippen LogP contribution in [0.4, 0.5) is 5.69 Å². The fourth-order valence-electron chi connectivity index (χ4n) is 4.34. The van der Waals surface area contributed by atoms with Crippen molar-refractivity contribution in [3.63, 3.8) is 0 Å². The molecule has 216 valence electrons. The molecule has 0 saturated carbocycles. The van der Waals surface area contributed by atoms with Crippen LogP contribution in [0.25, 0.3) is 11.1 Å². The molecule has 0 aliphatic heterocycles. The number of aliphatic carboxylic acids is 1. The third-order valence-corrected chi connectivity index (χ3v) is 7.19. The van der Waals surface area contributed by atoms with Crippen LogP contribution in [0.2, 0.25) is 0 Å². The van der Waals surface area contributed by atoms with Crippen LogP contribution in [-0.2, 0) is 21.4 Å². The van der Waals surface area contributed by atoms with Gasteiger partial charge in [-0.05, 0) is 58.0 Å². The van der Waals surface area contributed by atoms with Crippen LogP contribution >= 0.6 is 15.9 Å². The van der Waals surface area contributed by atoms with Gasteiger partial charge < -0.3 is 20.5 Å². The lowest BCUT2D eigenvalue weighted by atomic mass is 9.87. The van der Waals surface area contributed by atoms with Crippen LogP contribution in [0.5, 0.6) is 5.75 Å². The summed E-state index contributed by atoms with van der Waals surface area (Å²) in [7, 11) is 0. The van der Waals surface area contributed by atoms with Crippen molar-refractivity contribution in [3.8, 4) is 16.9 Å². The summed E-state index contributed by atoms with van der Waals surface area (Å²) in [6.07, 6.45) is 0.0935. The molecule has 1 atom stereocenters. The number of carbonyl (C=O) groups excluding carboxylic acids is 2. The Kier molecular flexibility index (Phi) is 9.80. The molecule has 0 fully saturated rings. The lowest BCUT2D eigenvalue weighted by Gasteiger charge is -2.19. The van der Waals surface area contributed by atoms with Gasteiger partial charge in [-0.2, -0.15) is 0 Å². The van der Waals surface area contributed by atoms with E-state index in [1.54, 1.807) is 12.1 Å². The minimum Gasteiger partial charge on any atom is -0.484 e. The molecule has 2 amide bonds. The van der Waals surface area contributed by atoms with E-state index in [1.165, 1.54) is 6.07 Å². The Labute approximate surface area is 254 Å². The van der Waals surface area contributed by atoms with Crippen molar-refractivity contribution in [2.45, 2.75) is 38.6 Å². The highest BCUT2D eigenvalue weighted by Crippen LogP contribution is 2.25. The topological polar surface area (TPSA) is 105 Å². The third-order valence-electron chi connectivity index (χ3n) is 6.69. The van der Waals surface area contributed by atoms with Crippen molar-refractivity contribution in [2.75, 3.05) is 11.9 Å². The number of halogens is 1. The van der Waals surface area contributed by atoms with Crippen molar-refractivity contribution < 1.29 is 24.2 Å². The highest BCUT2D eigenvalue weighted by Gasteiger charge is 2.23. The van der Waals surface area contributed by atoms with Crippen LogP contribution in [0.1, 0.15) is 42.3 Å². The fraction of sp³-hybridized carbons (Fsp3) is 0.206. The van der Waals surface area contributed by atoms with E-state index < -0.39 is 23.8 Å². The van der Waals surface area contributed by atoms with Crippen molar-refractivity contribution in [2.24, 2.45) is 0 Å². The molecule has 4 aromatic rings. The zero-order valence-corrected chi connectivity index (χ0v) is 25.3. The highest BCUT2D eigenvalue weighted by molar-refractivity contribution is 9.10. The minimum atomic E-state index is -1.17. The van der Waals surface area contributed by atoms with Crippen LogP contribution in [0, 0.1) is 0 Å². The number of carbonyl (C=O) groups is 3. The maximum atomic E-state index is 13.2. The number of ether oxygens (including phenoxy) is 1. The van der Waals surface area contributed by atoms with E-state index >= 15 is 0 Å². The van der Waals surface area contributed by atoms with Gasteiger partial charge >= 0.3 is 5.97 Å². The van der Waals surface area contributed by atoms with Crippen LogP contribution in [0.3, 0.4) is 0 Å². The zero-order chi connectivity index (χ0) is 30.3. The van der Waals surface area contributed by atoms with Gasteiger partial charge in [-0.1, -0.05) is 103 Å². The van der Waals surface area contributed by atoms with Crippen LogP contribution in [0.15, 0.2) is 102 Å². The first-order valence-corrected chi connectivity index (χ1v) is 14.3. The number of rotatable bonds is 10. The molecule has 8 heteroatoms. The van der Waals surface area contributed by atoms with E-state index in [0.717, 1.165) is 22.3 Å². The quantitative estimate of drug-likeness (QED) is 0.178. The van der Waals surface area contributed by atoms with Gasteiger partial charge in [0.15, 0.2) is 6.61 Å². The largest absolute Gasteiger partial charge is 0.484 e. The molecular formula is C34H33BrN2O5. The second-order valence-electron chi connectivity index (χ2n) is 10.9. The molecule has 4 rings (SSSR count). The molecule has 0 aromatic heterocycles. The molecule has 0 spiro atoms. The summed E-state index contributed by atoms with van der Waals surface area (Å²) in [6.45, 7) is 6.08. The van der Waals surface area contributed by atoms with Crippen molar-refractivity contribution in [1.82, 2.24) is 5.32 Å². The van der Waals surface area contributed by atoms with Gasteiger partial charge in [-0.25, -0.2) is 4.79 Å². The lowest BCUT2D eigenvalue weighted by Crippen LogP contribution is -2.42. The maximum absolute atomic E-state index is 13.2. The van der Waals surface area contributed by atoms with Gasteiger partial charge in [-0.15, -0.1) is 0 Å². The van der Waals surface area contributed by atoms with E-state index in [4.69, 9.17) is 4.74 Å². The third kappa shape index (κ3) is 8.30. The predicted molar refractivity (Wildman–Crippen MR) is 168 cm³/mol. The van der Waals surface area contributed by atoms with Gasteiger partial charge in [0.1, 0.15) is 11.8 Å². The molecule has 0 saturated heterocycles. The number of carboxylic acid groups (broad SMARTS) is 1. The van der Waals surface area contributed by atoms with Gasteiger partial charge in [0.25, 0.3) is 11.8 Å². The molecule has 3 N–H and O–H groups in total. The molecule has 42 heavy (non-hydrogen) atoms. The minimum absolute atomic E-state index is 0.000215. The molecule has 0 bridgehead atoms. The number of hydrogen-bond donors (Lipinski definition) is 3. The Balaban J connectivity index is 1.40. The van der Waals surface area contributed by atoms with E-state index in [0.29, 0.717) is 10.2 Å². The molecule has 0 heterocycles. The summed E-state index contributed by atoms with van der Waals surface area (Å²) in [5, 5.41) is 15.2. The van der Waals surface area contributed by atoms with Gasteiger partial charge in [0, 0.05) is 10.9 Å².